The van der Waals surface area contributed by atoms with Crippen LogP contribution in [-0.4, -0.2) is 28.0 Å². The summed E-state index contributed by atoms with van der Waals surface area (Å²) in [5, 5.41) is 10.1. The van der Waals surface area contributed by atoms with Gasteiger partial charge in [-0.15, -0.1) is 0 Å². The van der Waals surface area contributed by atoms with Crippen molar-refractivity contribution in [2.24, 2.45) is 0 Å². The molecule has 5 nitrogen and oxygen atoms in total. The van der Waals surface area contributed by atoms with E-state index in [9.17, 15) is 9.59 Å². The fourth-order valence-electron chi connectivity index (χ4n) is 2.45. The first-order valence-electron chi connectivity index (χ1n) is 6.06. The van der Waals surface area contributed by atoms with Crippen LogP contribution in [0.4, 0.5) is 5.69 Å². The van der Waals surface area contributed by atoms with Gasteiger partial charge in [-0.2, -0.15) is 0 Å². The second-order valence-electron chi connectivity index (χ2n) is 4.54. The molecule has 1 aromatic heterocycles. The number of aliphatic carboxylic acids is 1. The molecule has 3 rings (SSSR count). The van der Waals surface area contributed by atoms with E-state index in [2.05, 4.69) is 4.98 Å². The van der Waals surface area contributed by atoms with Gasteiger partial charge in [0.05, 0.1) is 5.52 Å². The summed E-state index contributed by atoms with van der Waals surface area (Å²) >= 11 is 0. The lowest BCUT2D eigenvalue weighted by Crippen LogP contribution is -2.38. The molecule has 0 radical (unpaired) electrons. The molecular formula is C14H12N2O3. The lowest BCUT2D eigenvalue weighted by atomic mass is 10.1. The molecular weight excluding hydrogens is 244 g/mol. The number of nitrogens with zero attached hydrogens (tertiary/aromatic N) is 2. The van der Waals surface area contributed by atoms with Crippen LogP contribution in [-0.2, 0) is 9.59 Å². The van der Waals surface area contributed by atoms with E-state index in [-0.39, 0.29) is 12.3 Å². The van der Waals surface area contributed by atoms with E-state index >= 15 is 0 Å². The number of hydrogen-bond donors (Lipinski definition) is 1. The monoisotopic (exact) mass is 256 g/mol. The molecule has 5 heteroatoms. The number of carbonyl (C=O) groups excluding carboxylic acids is 1. The van der Waals surface area contributed by atoms with Gasteiger partial charge in [-0.05, 0) is 30.7 Å². The Morgan fingerprint density at radius 1 is 1.37 bits per heavy atom. The molecule has 1 atom stereocenters. The van der Waals surface area contributed by atoms with Crippen LogP contribution >= 0.6 is 0 Å². The number of amides is 1. The third kappa shape index (κ3) is 1.93. The SMILES string of the molecule is O=C(O)C1CCC(=O)N1c1ccc2ncccc2c1. The molecule has 0 spiro atoms. The van der Waals surface area contributed by atoms with E-state index in [1.807, 2.05) is 18.2 Å². The summed E-state index contributed by atoms with van der Waals surface area (Å²) in [4.78, 5) is 28.6. The van der Waals surface area contributed by atoms with E-state index in [4.69, 9.17) is 5.11 Å². The highest BCUT2D eigenvalue weighted by molar-refractivity contribution is 6.03. The summed E-state index contributed by atoms with van der Waals surface area (Å²) in [5.74, 6) is -1.10. The van der Waals surface area contributed by atoms with Crippen LogP contribution < -0.4 is 4.90 Å². The first-order valence-corrected chi connectivity index (χ1v) is 6.06. The van der Waals surface area contributed by atoms with Crippen molar-refractivity contribution in [2.75, 3.05) is 4.90 Å². The second-order valence-corrected chi connectivity index (χ2v) is 4.54. The number of benzene rings is 1. The Morgan fingerprint density at radius 3 is 3.00 bits per heavy atom. The van der Waals surface area contributed by atoms with Crippen molar-refractivity contribution in [3.8, 4) is 0 Å². The molecule has 19 heavy (non-hydrogen) atoms. The zero-order valence-electron chi connectivity index (χ0n) is 10.1. The van der Waals surface area contributed by atoms with Crippen LogP contribution in [0.1, 0.15) is 12.8 Å². The highest BCUT2D eigenvalue weighted by Gasteiger charge is 2.37. The molecule has 1 aliphatic rings. The number of hydrogen-bond acceptors (Lipinski definition) is 3. The standard InChI is InChI=1S/C14H12N2O3/c17-13-6-5-12(14(18)19)16(13)10-3-4-11-9(8-10)2-1-7-15-11/h1-4,7-8,12H,5-6H2,(H,18,19). The minimum absolute atomic E-state index is 0.143. The second kappa shape index (κ2) is 4.35. The lowest BCUT2D eigenvalue weighted by molar-refractivity contribution is -0.138. The fourth-order valence-corrected chi connectivity index (χ4v) is 2.45. The first-order chi connectivity index (χ1) is 9.16. The number of carboxylic acids is 1. The molecule has 1 saturated heterocycles. The van der Waals surface area contributed by atoms with E-state index in [1.165, 1.54) is 4.90 Å². The predicted molar refractivity (Wildman–Crippen MR) is 69.9 cm³/mol. The Kier molecular flexibility index (Phi) is 2.67. The van der Waals surface area contributed by atoms with Crippen LogP contribution in [0.3, 0.4) is 0 Å². The fraction of sp³-hybridized carbons (Fsp3) is 0.214. The van der Waals surface area contributed by atoms with Gasteiger partial charge in [-0.25, -0.2) is 4.79 Å². The molecule has 0 saturated carbocycles. The third-order valence-corrected chi connectivity index (χ3v) is 3.36. The van der Waals surface area contributed by atoms with Crippen molar-refractivity contribution in [3.05, 3.63) is 36.5 Å². The molecule has 1 aromatic carbocycles. The maximum Gasteiger partial charge on any atom is 0.326 e. The Morgan fingerprint density at radius 2 is 2.21 bits per heavy atom. The number of carboxylic acid groups (broad SMARTS) is 1. The summed E-state index contributed by atoms with van der Waals surface area (Å²) in [6, 6.07) is 8.29. The lowest BCUT2D eigenvalue weighted by Gasteiger charge is -2.21. The molecule has 1 aliphatic heterocycles. The van der Waals surface area contributed by atoms with Gasteiger partial charge in [0.15, 0.2) is 0 Å². The number of carbonyl (C=O) groups is 2. The number of aromatic nitrogens is 1. The molecule has 2 aromatic rings. The van der Waals surface area contributed by atoms with Gasteiger partial charge in [-0.3, -0.25) is 14.7 Å². The quantitative estimate of drug-likeness (QED) is 0.889. The average Bonchev–Trinajstić information content (AvgIpc) is 2.80. The van der Waals surface area contributed by atoms with Crippen molar-refractivity contribution < 1.29 is 14.7 Å². The van der Waals surface area contributed by atoms with Crippen LogP contribution in [0.25, 0.3) is 10.9 Å². The normalized spacial score (nSPS) is 19.1. The molecule has 1 fully saturated rings. The van der Waals surface area contributed by atoms with Gasteiger partial charge < -0.3 is 5.11 Å². The van der Waals surface area contributed by atoms with Crippen LogP contribution in [0.5, 0.6) is 0 Å². The van der Waals surface area contributed by atoms with E-state index < -0.39 is 12.0 Å². The number of fused-ring (bicyclic) bond motifs is 1. The summed E-state index contributed by atoms with van der Waals surface area (Å²) in [7, 11) is 0. The minimum atomic E-state index is -0.961. The van der Waals surface area contributed by atoms with Crippen LogP contribution in [0.2, 0.25) is 0 Å². The Bertz CT molecular complexity index is 669. The van der Waals surface area contributed by atoms with Crippen molar-refractivity contribution >= 4 is 28.5 Å². The van der Waals surface area contributed by atoms with Crippen molar-refractivity contribution in [2.45, 2.75) is 18.9 Å². The average molecular weight is 256 g/mol. The van der Waals surface area contributed by atoms with Gasteiger partial charge in [0, 0.05) is 23.7 Å². The Hall–Kier alpha value is -2.43. The largest absolute Gasteiger partial charge is 0.480 e. The predicted octanol–water partition coefficient (Wildman–Crippen LogP) is 1.81. The van der Waals surface area contributed by atoms with E-state index in [1.54, 1.807) is 18.3 Å². The minimum Gasteiger partial charge on any atom is -0.480 e. The maximum absolute atomic E-state index is 11.9. The van der Waals surface area contributed by atoms with Gasteiger partial charge >= 0.3 is 5.97 Å². The Labute approximate surface area is 109 Å². The van der Waals surface area contributed by atoms with E-state index in [0.717, 1.165) is 10.9 Å². The molecule has 96 valence electrons. The molecule has 0 bridgehead atoms. The smallest absolute Gasteiger partial charge is 0.326 e. The summed E-state index contributed by atoms with van der Waals surface area (Å²) in [6.07, 6.45) is 2.34. The van der Waals surface area contributed by atoms with E-state index in [0.29, 0.717) is 12.1 Å². The zero-order chi connectivity index (χ0) is 13.4. The van der Waals surface area contributed by atoms with Gasteiger partial charge in [0.2, 0.25) is 5.91 Å². The number of pyridine rings is 1. The highest BCUT2D eigenvalue weighted by Crippen LogP contribution is 2.29. The summed E-state index contributed by atoms with van der Waals surface area (Å²) < 4.78 is 0. The van der Waals surface area contributed by atoms with Crippen LogP contribution in [0, 0.1) is 0 Å². The zero-order valence-corrected chi connectivity index (χ0v) is 10.1. The summed E-state index contributed by atoms with van der Waals surface area (Å²) in [5.41, 5.74) is 1.44. The first kappa shape index (κ1) is 11.6. The van der Waals surface area contributed by atoms with Crippen LogP contribution in [0.15, 0.2) is 36.5 Å². The van der Waals surface area contributed by atoms with Gasteiger partial charge in [0.25, 0.3) is 0 Å². The molecule has 2 heterocycles. The van der Waals surface area contributed by atoms with Crippen molar-refractivity contribution in [3.63, 3.8) is 0 Å². The third-order valence-electron chi connectivity index (χ3n) is 3.36. The summed E-state index contributed by atoms with van der Waals surface area (Å²) in [6.45, 7) is 0. The number of anilines is 1. The van der Waals surface area contributed by atoms with Gasteiger partial charge in [-0.1, -0.05) is 6.07 Å². The Balaban J connectivity index is 2.07. The molecule has 1 N–H and O–H groups in total. The van der Waals surface area contributed by atoms with Gasteiger partial charge in [0.1, 0.15) is 6.04 Å². The molecule has 0 aliphatic carbocycles. The maximum atomic E-state index is 11.9. The highest BCUT2D eigenvalue weighted by atomic mass is 16.4. The van der Waals surface area contributed by atoms with Crippen molar-refractivity contribution in [1.29, 1.82) is 0 Å². The number of rotatable bonds is 2. The molecule has 1 amide bonds. The molecule has 1 unspecified atom stereocenters. The topological polar surface area (TPSA) is 70.5 Å². The van der Waals surface area contributed by atoms with Crippen molar-refractivity contribution in [1.82, 2.24) is 4.98 Å².